The molecule has 25 heavy (non-hydrogen) atoms. The summed E-state index contributed by atoms with van der Waals surface area (Å²) in [6, 6.07) is 10.5. The number of halogens is 2. The number of guanidine groups is 1. The van der Waals surface area contributed by atoms with E-state index in [0.717, 1.165) is 24.7 Å². The molecule has 1 fully saturated rings. The predicted molar refractivity (Wildman–Crippen MR) is 116 cm³/mol. The van der Waals surface area contributed by atoms with Crippen LogP contribution >= 0.6 is 39.9 Å². The summed E-state index contributed by atoms with van der Waals surface area (Å²) >= 11 is 3.69. The van der Waals surface area contributed by atoms with Crippen LogP contribution in [0.15, 0.2) is 46.0 Å². The molecule has 1 aromatic carbocycles. The first-order valence-electron chi connectivity index (χ1n) is 8.39. The fourth-order valence-electron chi connectivity index (χ4n) is 2.89. The van der Waals surface area contributed by atoms with Gasteiger partial charge in [0.05, 0.1) is 12.2 Å². The van der Waals surface area contributed by atoms with Crippen LogP contribution in [0.25, 0.3) is 0 Å². The Bertz CT molecular complexity index is 724. The molecule has 0 aliphatic heterocycles. The minimum absolute atomic E-state index is 0. The SMILES string of the molecule is CCNC(=NCc1ccnn1C)NCC1(c2ccccc2Br)CC1.I. The average molecular weight is 518 g/mol. The molecule has 0 amide bonds. The van der Waals surface area contributed by atoms with Gasteiger partial charge in [0.1, 0.15) is 0 Å². The maximum atomic E-state index is 4.69. The number of hydrogen-bond donors (Lipinski definition) is 2. The lowest BCUT2D eigenvalue weighted by molar-refractivity contribution is 0.641. The zero-order valence-corrected chi connectivity index (χ0v) is 18.5. The summed E-state index contributed by atoms with van der Waals surface area (Å²) in [5.41, 5.74) is 2.71. The van der Waals surface area contributed by atoms with Crippen molar-refractivity contribution in [2.75, 3.05) is 13.1 Å². The largest absolute Gasteiger partial charge is 0.357 e. The van der Waals surface area contributed by atoms with Crippen molar-refractivity contribution in [3.8, 4) is 0 Å². The maximum absolute atomic E-state index is 4.69. The molecule has 0 unspecified atom stereocenters. The van der Waals surface area contributed by atoms with Crippen LogP contribution in [-0.4, -0.2) is 28.8 Å². The second-order valence-electron chi connectivity index (χ2n) is 6.26. The summed E-state index contributed by atoms with van der Waals surface area (Å²) in [6.07, 6.45) is 4.23. The monoisotopic (exact) mass is 517 g/mol. The van der Waals surface area contributed by atoms with E-state index in [9.17, 15) is 0 Å². The summed E-state index contributed by atoms with van der Waals surface area (Å²) < 4.78 is 3.05. The zero-order chi connectivity index (χ0) is 17.0. The molecule has 2 aromatic rings. The fraction of sp³-hybridized carbons (Fsp3) is 0.444. The molecule has 1 aliphatic rings. The normalized spacial score (nSPS) is 15.4. The molecule has 7 heteroatoms. The molecule has 1 saturated carbocycles. The molecule has 136 valence electrons. The van der Waals surface area contributed by atoms with Crippen molar-refractivity contribution in [1.29, 1.82) is 0 Å². The quantitative estimate of drug-likeness (QED) is 0.350. The second-order valence-corrected chi connectivity index (χ2v) is 7.11. The van der Waals surface area contributed by atoms with Crippen molar-refractivity contribution in [2.45, 2.75) is 31.7 Å². The van der Waals surface area contributed by atoms with E-state index in [0.29, 0.717) is 6.54 Å². The standard InChI is InChI=1S/C18H24BrN5.HI/c1-3-20-17(21-12-14-8-11-23-24(14)2)22-13-18(9-10-18)15-6-4-5-7-16(15)19;/h4-8,11H,3,9-10,12-13H2,1-2H3,(H2,20,21,22);1H. The third kappa shape index (κ3) is 4.97. The lowest BCUT2D eigenvalue weighted by atomic mass is 9.96. The maximum Gasteiger partial charge on any atom is 0.191 e. The molecule has 3 rings (SSSR count). The van der Waals surface area contributed by atoms with E-state index in [4.69, 9.17) is 0 Å². The van der Waals surface area contributed by atoms with E-state index in [-0.39, 0.29) is 29.4 Å². The Hall–Kier alpha value is -1.09. The highest BCUT2D eigenvalue weighted by Crippen LogP contribution is 2.49. The molecule has 1 aliphatic carbocycles. The Balaban J connectivity index is 0.00000225. The van der Waals surface area contributed by atoms with Crippen molar-refractivity contribution < 1.29 is 0 Å². The van der Waals surface area contributed by atoms with Crippen molar-refractivity contribution in [2.24, 2.45) is 12.0 Å². The van der Waals surface area contributed by atoms with E-state index in [1.807, 2.05) is 17.8 Å². The first kappa shape index (κ1) is 20.2. The molecule has 1 aromatic heterocycles. The molecule has 0 atom stereocenters. The summed E-state index contributed by atoms with van der Waals surface area (Å²) in [5.74, 6) is 0.858. The Morgan fingerprint density at radius 2 is 2.04 bits per heavy atom. The van der Waals surface area contributed by atoms with Crippen LogP contribution in [0, 0.1) is 0 Å². The number of aliphatic imine (C=N–C) groups is 1. The van der Waals surface area contributed by atoms with Gasteiger partial charge in [-0.25, -0.2) is 4.99 Å². The first-order chi connectivity index (χ1) is 11.6. The zero-order valence-electron chi connectivity index (χ0n) is 14.6. The van der Waals surface area contributed by atoms with Crippen molar-refractivity contribution in [3.63, 3.8) is 0 Å². The summed E-state index contributed by atoms with van der Waals surface area (Å²) in [4.78, 5) is 4.69. The van der Waals surface area contributed by atoms with E-state index in [1.54, 1.807) is 6.20 Å². The van der Waals surface area contributed by atoms with Gasteiger partial charge in [-0.05, 0) is 37.5 Å². The van der Waals surface area contributed by atoms with E-state index in [2.05, 4.69) is 67.8 Å². The lowest BCUT2D eigenvalue weighted by Gasteiger charge is -2.20. The Kier molecular flexibility index (Phi) is 7.30. The van der Waals surface area contributed by atoms with E-state index in [1.165, 1.54) is 22.9 Å². The molecular weight excluding hydrogens is 493 g/mol. The molecule has 5 nitrogen and oxygen atoms in total. The number of aryl methyl sites for hydroxylation is 1. The second kappa shape index (κ2) is 9.02. The van der Waals surface area contributed by atoms with Gasteiger partial charge in [0.15, 0.2) is 5.96 Å². The van der Waals surface area contributed by atoms with Gasteiger partial charge < -0.3 is 10.6 Å². The van der Waals surface area contributed by atoms with Crippen LogP contribution in [0.2, 0.25) is 0 Å². The minimum atomic E-state index is 0. The van der Waals surface area contributed by atoms with Gasteiger partial charge in [0.2, 0.25) is 0 Å². The number of nitrogens with one attached hydrogen (secondary N) is 2. The number of hydrogen-bond acceptors (Lipinski definition) is 2. The third-order valence-corrected chi connectivity index (χ3v) is 5.25. The molecule has 0 spiro atoms. The Morgan fingerprint density at radius 1 is 1.28 bits per heavy atom. The van der Waals surface area contributed by atoms with Gasteiger partial charge >= 0.3 is 0 Å². The van der Waals surface area contributed by atoms with Crippen LogP contribution in [0.3, 0.4) is 0 Å². The van der Waals surface area contributed by atoms with E-state index < -0.39 is 0 Å². The van der Waals surface area contributed by atoms with Gasteiger partial charge in [-0.15, -0.1) is 24.0 Å². The molecule has 0 bridgehead atoms. The summed E-state index contributed by atoms with van der Waals surface area (Å²) in [7, 11) is 1.94. The van der Waals surface area contributed by atoms with Crippen LogP contribution in [-0.2, 0) is 19.0 Å². The van der Waals surface area contributed by atoms with Gasteiger partial charge in [-0.1, -0.05) is 34.1 Å². The highest BCUT2D eigenvalue weighted by atomic mass is 127. The topological polar surface area (TPSA) is 54.2 Å². The number of rotatable bonds is 6. The van der Waals surface area contributed by atoms with Crippen molar-refractivity contribution in [3.05, 3.63) is 52.3 Å². The molecule has 0 radical (unpaired) electrons. The summed E-state index contributed by atoms with van der Waals surface area (Å²) in [6.45, 7) is 4.45. The van der Waals surface area contributed by atoms with Gasteiger partial charge in [-0.2, -0.15) is 5.10 Å². The first-order valence-corrected chi connectivity index (χ1v) is 9.18. The Morgan fingerprint density at radius 3 is 2.64 bits per heavy atom. The van der Waals surface area contributed by atoms with Gasteiger partial charge in [-0.3, -0.25) is 4.68 Å². The van der Waals surface area contributed by atoms with Gasteiger partial charge in [0, 0.05) is 36.2 Å². The molecule has 1 heterocycles. The summed E-state index contributed by atoms with van der Waals surface area (Å²) in [5, 5.41) is 11.0. The number of aromatic nitrogens is 2. The van der Waals surface area contributed by atoms with Crippen LogP contribution in [0.1, 0.15) is 31.0 Å². The smallest absolute Gasteiger partial charge is 0.191 e. The van der Waals surface area contributed by atoms with E-state index >= 15 is 0 Å². The molecule has 0 saturated heterocycles. The fourth-order valence-corrected chi connectivity index (χ4v) is 3.60. The molecular formula is C18H25BrIN5. The predicted octanol–water partition coefficient (Wildman–Crippen LogP) is 3.59. The van der Waals surface area contributed by atoms with Crippen LogP contribution < -0.4 is 10.6 Å². The highest BCUT2D eigenvalue weighted by molar-refractivity contribution is 14.0. The molecule has 2 N–H and O–H groups in total. The van der Waals surface area contributed by atoms with Crippen molar-refractivity contribution in [1.82, 2.24) is 20.4 Å². The van der Waals surface area contributed by atoms with Crippen molar-refractivity contribution >= 4 is 45.9 Å². The van der Waals surface area contributed by atoms with Gasteiger partial charge in [0.25, 0.3) is 0 Å². The average Bonchev–Trinajstić information content (AvgIpc) is 3.26. The minimum Gasteiger partial charge on any atom is -0.357 e. The number of benzene rings is 1. The third-order valence-electron chi connectivity index (χ3n) is 4.56. The van der Waals surface area contributed by atoms with Crippen LogP contribution in [0.5, 0.6) is 0 Å². The Labute approximate surface area is 174 Å². The highest BCUT2D eigenvalue weighted by Gasteiger charge is 2.45. The number of nitrogens with zero attached hydrogens (tertiary/aromatic N) is 3. The lowest BCUT2D eigenvalue weighted by Crippen LogP contribution is -2.41. The van der Waals surface area contributed by atoms with Crippen LogP contribution in [0.4, 0.5) is 0 Å².